The van der Waals surface area contributed by atoms with Crippen molar-refractivity contribution in [2.24, 2.45) is 5.92 Å². The summed E-state index contributed by atoms with van der Waals surface area (Å²) in [6.07, 6.45) is 0.434. The van der Waals surface area contributed by atoms with Gasteiger partial charge in [-0.15, -0.1) is 0 Å². The molecule has 1 fully saturated rings. The Balaban J connectivity index is 2.59. The normalized spacial score (nSPS) is 26.2. The van der Waals surface area contributed by atoms with Crippen LogP contribution in [0, 0.1) is 17.2 Å². The molecule has 4 heteroatoms. The molecule has 84 valence electrons. The van der Waals surface area contributed by atoms with Crippen molar-refractivity contribution >= 4 is 6.09 Å². The van der Waals surface area contributed by atoms with Crippen molar-refractivity contribution in [1.29, 1.82) is 5.26 Å². The van der Waals surface area contributed by atoms with Crippen LogP contribution < -0.4 is 0 Å². The summed E-state index contributed by atoms with van der Waals surface area (Å²) >= 11 is 0. The van der Waals surface area contributed by atoms with E-state index in [1.165, 1.54) is 0 Å². The predicted molar refractivity (Wildman–Crippen MR) is 56.1 cm³/mol. The SMILES string of the molecule is C[C@H]1CC(C#N)CN1C(=O)OC(C)(C)C. The van der Waals surface area contributed by atoms with Gasteiger partial charge in [0.15, 0.2) is 0 Å². The fourth-order valence-corrected chi connectivity index (χ4v) is 1.70. The van der Waals surface area contributed by atoms with E-state index in [9.17, 15) is 4.79 Å². The maximum Gasteiger partial charge on any atom is 0.410 e. The molecule has 0 N–H and O–H groups in total. The van der Waals surface area contributed by atoms with Gasteiger partial charge in [0, 0.05) is 12.6 Å². The molecule has 0 bridgehead atoms. The quantitative estimate of drug-likeness (QED) is 0.615. The third-order valence-electron chi connectivity index (χ3n) is 2.39. The van der Waals surface area contributed by atoms with Gasteiger partial charge in [-0.1, -0.05) is 0 Å². The first-order valence-electron chi connectivity index (χ1n) is 5.22. The second-order valence-corrected chi connectivity index (χ2v) is 5.04. The Morgan fingerprint density at radius 2 is 2.13 bits per heavy atom. The van der Waals surface area contributed by atoms with Crippen molar-refractivity contribution in [2.75, 3.05) is 6.54 Å². The third-order valence-corrected chi connectivity index (χ3v) is 2.39. The number of nitrogens with zero attached hydrogens (tertiary/aromatic N) is 2. The Morgan fingerprint density at radius 1 is 1.53 bits per heavy atom. The van der Waals surface area contributed by atoms with Gasteiger partial charge in [-0.2, -0.15) is 5.26 Å². The molecule has 1 amide bonds. The first-order valence-corrected chi connectivity index (χ1v) is 5.22. The Bertz CT molecular complexity index is 288. The van der Waals surface area contributed by atoms with Gasteiger partial charge < -0.3 is 9.64 Å². The number of hydrogen-bond acceptors (Lipinski definition) is 3. The lowest BCUT2D eigenvalue weighted by Crippen LogP contribution is -2.38. The molecule has 1 unspecified atom stereocenters. The number of rotatable bonds is 0. The van der Waals surface area contributed by atoms with E-state index in [0.717, 1.165) is 6.42 Å². The number of carbonyl (C=O) groups is 1. The first-order chi connectivity index (χ1) is 6.83. The second kappa shape index (κ2) is 4.09. The van der Waals surface area contributed by atoms with Crippen molar-refractivity contribution in [2.45, 2.75) is 45.8 Å². The molecule has 2 atom stereocenters. The zero-order valence-corrected chi connectivity index (χ0v) is 9.78. The minimum absolute atomic E-state index is 0.0486. The van der Waals surface area contributed by atoms with Crippen molar-refractivity contribution in [3.63, 3.8) is 0 Å². The average Bonchev–Trinajstić information content (AvgIpc) is 2.43. The fourth-order valence-electron chi connectivity index (χ4n) is 1.70. The van der Waals surface area contributed by atoms with Crippen LogP contribution in [-0.4, -0.2) is 29.2 Å². The molecular weight excluding hydrogens is 192 g/mol. The minimum atomic E-state index is -0.471. The van der Waals surface area contributed by atoms with Crippen molar-refractivity contribution in [3.05, 3.63) is 0 Å². The number of amides is 1. The predicted octanol–water partition coefficient (Wildman–Crippen LogP) is 2.16. The van der Waals surface area contributed by atoms with E-state index in [1.807, 2.05) is 27.7 Å². The van der Waals surface area contributed by atoms with E-state index in [-0.39, 0.29) is 18.1 Å². The minimum Gasteiger partial charge on any atom is -0.444 e. The lowest BCUT2D eigenvalue weighted by Gasteiger charge is -2.26. The Hall–Kier alpha value is -1.24. The molecule has 0 saturated carbocycles. The van der Waals surface area contributed by atoms with Crippen molar-refractivity contribution in [3.8, 4) is 6.07 Å². The van der Waals surface area contributed by atoms with E-state index in [1.54, 1.807) is 4.90 Å². The van der Waals surface area contributed by atoms with Gasteiger partial charge in [0.05, 0.1) is 12.0 Å². The molecule has 0 radical (unpaired) electrons. The molecule has 0 aromatic rings. The van der Waals surface area contributed by atoms with Crippen molar-refractivity contribution in [1.82, 2.24) is 4.90 Å². The van der Waals surface area contributed by atoms with Crippen LogP contribution >= 0.6 is 0 Å². The zero-order chi connectivity index (χ0) is 11.6. The van der Waals surface area contributed by atoms with Crippen LogP contribution in [-0.2, 0) is 4.74 Å². The Labute approximate surface area is 90.8 Å². The molecule has 0 spiro atoms. The topological polar surface area (TPSA) is 53.3 Å². The maximum atomic E-state index is 11.7. The van der Waals surface area contributed by atoms with E-state index >= 15 is 0 Å². The van der Waals surface area contributed by atoms with Gasteiger partial charge in [0.2, 0.25) is 0 Å². The molecule has 1 rings (SSSR count). The van der Waals surface area contributed by atoms with E-state index < -0.39 is 5.60 Å². The highest BCUT2D eigenvalue weighted by Crippen LogP contribution is 2.24. The van der Waals surface area contributed by atoms with E-state index in [0.29, 0.717) is 6.54 Å². The van der Waals surface area contributed by atoms with Gasteiger partial charge in [-0.05, 0) is 34.1 Å². The molecule has 0 aromatic heterocycles. The molecule has 1 heterocycles. The fraction of sp³-hybridized carbons (Fsp3) is 0.818. The lowest BCUT2D eigenvalue weighted by molar-refractivity contribution is 0.0236. The summed E-state index contributed by atoms with van der Waals surface area (Å²) in [5, 5.41) is 8.79. The maximum absolute atomic E-state index is 11.7. The summed E-state index contributed by atoms with van der Waals surface area (Å²) < 4.78 is 5.26. The van der Waals surface area contributed by atoms with Crippen LogP contribution in [0.2, 0.25) is 0 Å². The third kappa shape index (κ3) is 3.12. The molecular formula is C11H18N2O2. The van der Waals surface area contributed by atoms with Crippen molar-refractivity contribution < 1.29 is 9.53 Å². The number of hydrogen-bond donors (Lipinski definition) is 0. The number of ether oxygens (including phenoxy) is 1. The molecule has 1 saturated heterocycles. The van der Waals surface area contributed by atoms with Crippen LogP contribution in [0.3, 0.4) is 0 Å². The molecule has 1 aliphatic rings. The summed E-state index contributed by atoms with van der Waals surface area (Å²) in [4.78, 5) is 13.4. The molecule has 4 nitrogen and oxygen atoms in total. The smallest absolute Gasteiger partial charge is 0.410 e. The van der Waals surface area contributed by atoms with Gasteiger partial charge in [0.25, 0.3) is 0 Å². The second-order valence-electron chi connectivity index (χ2n) is 5.04. The lowest BCUT2D eigenvalue weighted by atomic mass is 10.1. The number of nitriles is 1. The van der Waals surface area contributed by atoms with Gasteiger partial charge in [-0.25, -0.2) is 4.79 Å². The zero-order valence-electron chi connectivity index (χ0n) is 9.78. The molecule has 0 aromatic carbocycles. The van der Waals surface area contributed by atoms with Crippen LogP contribution in [0.1, 0.15) is 34.1 Å². The van der Waals surface area contributed by atoms with Gasteiger partial charge in [0.1, 0.15) is 5.60 Å². The standard InChI is InChI=1S/C11H18N2O2/c1-8-5-9(6-12)7-13(8)10(14)15-11(2,3)4/h8-9H,5,7H2,1-4H3/t8-,9?/m0/s1. The summed E-state index contributed by atoms with van der Waals surface area (Å²) in [7, 11) is 0. The molecule has 0 aliphatic carbocycles. The monoisotopic (exact) mass is 210 g/mol. The van der Waals surface area contributed by atoms with Gasteiger partial charge in [-0.3, -0.25) is 0 Å². The summed E-state index contributed by atoms with van der Waals surface area (Å²) in [6, 6.07) is 2.29. The summed E-state index contributed by atoms with van der Waals surface area (Å²) in [5.41, 5.74) is -0.471. The van der Waals surface area contributed by atoms with Gasteiger partial charge >= 0.3 is 6.09 Å². The van der Waals surface area contributed by atoms with Crippen LogP contribution in [0.15, 0.2) is 0 Å². The van der Waals surface area contributed by atoms with Crippen LogP contribution in [0.25, 0.3) is 0 Å². The molecule has 1 aliphatic heterocycles. The van der Waals surface area contributed by atoms with E-state index in [4.69, 9.17) is 10.00 Å². The average molecular weight is 210 g/mol. The van der Waals surface area contributed by atoms with E-state index in [2.05, 4.69) is 6.07 Å². The Kier molecular flexibility index (Phi) is 3.23. The highest BCUT2D eigenvalue weighted by Gasteiger charge is 2.34. The first kappa shape index (κ1) is 11.8. The largest absolute Gasteiger partial charge is 0.444 e. The summed E-state index contributed by atoms with van der Waals surface area (Å²) in [5.74, 6) is -0.0486. The van der Waals surface area contributed by atoms with Crippen LogP contribution in [0.4, 0.5) is 4.79 Å². The number of carbonyl (C=O) groups excluding carboxylic acids is 1. The highest BCUT2D eigenvalue weighted by molar-refractivity contribution is 5.69. The number of likely N-dealkylation sites (tertiary alicyclic amines) is 1. The van der Waals surface area contributed by atoms with Crippen LogP contribution in [0.5, 0.6) is 0 Å². The molecule has 15 heavy (non-hydrogen) atoms. The summed E-state index contributed by atoms with van der Waals surface area (Å²) in [6.45, 7) is 7.96. The Morgan fingerprint density at radius 3 is 2.53 bits per heavy atom. The highest BCUT2D eigenvalue weighted by atomic mass is 16.6.